The Kier molecular flexibility index (Phi) is 4.62. The van der Waals surface area contributed by atoms with Crippen LogP contribution in [0.2, 0.25) is 0 Å². The predicted molar refractivity (Wildman–Crippen MR) is 48.3 cm³/mol. The number of hydrogen-bond donors (Lipinski definition) is 2. The Bertz CT molecular complexity index is 250. The maximum atomic E-state index is 11.3. The van der Waals surface area contributed by atoms with Crippen LogP contribution in [0.1, 0.15) is 20.3 Å². The van der Waals surface area contributed by atoms with Crippen molar-refractivity contribution < 1.29 is 19.5 Å². The van der Waals surface area contributed by atoms with Crippen LogP contribution in [-0.2, 0) is 14.4 Å². The Balaban J connectivity index is 4.41. The molecular weight excluding hydrogens is 188 g/mol. The van der Waals surface area contributed by atoms with E-state index in [-0.39, 0.29) is 12.6 Å². The molecule has 0 aliphatic heterocycles. The summed E-state index contributed by atoms with van der Waals surface area (Å²) in [4.78, 5) is 33.2. The van der Waals surface area contributed by atoms with Crippen LogP contribution in [0.25, 0.3) is 0 Å². The van der Waals surface area contributed by atoms with Gasteiger partial charge in [0.05, 0.1) is 6.54 Å². The molecule has 3 N–H and O–H groups in total. The molecule has 0 unspecified atom stereocenters. The summed E-state index contributed by atoms with van der Waals surface area (Å²) >= 11 is 0. The second kappa shape index (κ2) is 5.21. The summed E-state index contributed by atoms with van der Waals surface area (Å²) in [6, 6.07) is -0.241. The third-order valence-corrected chi connectivity index (χ3v) is 1.57. The van der Waals surface area contributed by atoms with Crippen molar-refractivity contribution in [3.63, 3.8) is 0 Å². The van der Waals surface area contributed by atoms with Crippen LogP contribution in [0.4, 0.5) is 0 Å². The average molecular weight is 202 g/mol. The molecule has 0 aliphatic rings. The summed E-state index contributed by atoms with van der Waals surface area (Å²) in [7, 11) is 0. The number of hydrogen-bond acceptors (Lipinski definition) is 3. The summed E-state index contributed by atoms with van der Waals surface area (Å²) in [5, 5.41) is 8.39. The summed E-state index contributed by atoms with van der Waals surface area (Å²) in [5.41, 5.74) is 4.92. The van der Waals surface area contributed by atoms with Crippen molar-refractivity contribution in [3.8, 4) is 0 Å². The summed E-state index contributed by atoms with van der Waals surface area (Å²) in [6.45, 7) is 3.12. The zero-order valence-corrected chi connectivity index (χ0v) is 8.19. The molecule has 6 nitrogen and oxygen atoms in total. The Morgan fingerprint density at radius 1 is 1.36 bits per heavy atom. The highest BCUT2D eigenvalue weighted by molar-refractivity contribution is 5.95. The van der Waals surface area contributed by atoms with E-state index in [4.69, 9.17) is 10.8 Å². The van der Waals surface area contributed by atoms with Crippen molar-refractivity contribution in [2.75, 3.05) is 6.54 Å². The molecule has 0 rings (SSSR count). The van der Waals surface area contributed by atoms with Crippen molar-refractivity contribution in [2.24, 2.45) is 5.73 Å². The van der Waals surface area contributed by atoms with Crippen LogP contribution >= 0.6 is 0 Å². The van der Waals surface area contributed by atoms with E-state index >= 15 is 0 Å². The number of nitrogens with zero attached hydrogens (tertiary/aromatic N) is 1. The first-order valence-corrected chi connectivity index (χ1v) is 4.14. The number of amides is 2. The van der Waals surface area contributed by atoms with Gasteiger partial charge >= 0.3 is 5.97 Å². The molecule has 0 bridgehead atoms. The number of carbonyl (C=O) groups excluding carboxylic acids is 2. The van der Waals surface area contributed by atoms with Crippen LogP contribution in [0.5, 0.6) is 0 Å². The van der Waals surface area contributed by atoms with E-state index in [1.165, 1.54) is 0 Å². The molecule has 0 aromatic heterocycles. The number of carboxylic acids is 1. The fourth-order valence-electron chi connectivity index (χ4n) is 0.958. The van der Waals surface area contributed by atoms with E-state index in [0.717, 1.165) is 4.90 Å². The molecule has 0 radical (unpaired) electrons. The van der Waals surface area contributed by atoms with Gasteiger partial charge in [0.25, 0.3) is 0 Å². The van der Waals surface area contributed by atoms with E-state index in [1.807, 2.05) is 0 Å². The zero-order valence-electron chi connectivity index (χ0n) is 8.19. The lowest BCUT2D eigenvalue weighted by atomic mass is 10.2. The Morgan fingerprint density at radius 2 is 1.86 bits per heavy atom. The van der Waals surface area contributed by atoms with Gasteiger partial charge in [0.1, 0.15) is 6.42 Å². The van der Waals surface area contributed by atoms with Crippen molar-refractivity contribution in [1.29, 1.82) is 0 Å². The zero-order chi connectivity index (χ0) is 11.3. The SMILES string of the molecule is CC(C)N(CC(N)=O)C(=O)CC(=O)O. The molecule has 0 fully saturated rings. The molecule has 0 aromatic rings. The van der Waals surface area contributed by atoms with Gasteiger partial charge in [0.15, 0.2) is 0 Å². The molecular formula is C8H14N2O4. The van der Waals surface area contributed by atoms with Crippen molar-refractivity contribution in [2.45, 2.75) is 26.3 Å². The standard InChI is InChI=1S/C8H14N2O4/c1-5(2)10(4-6(9)11)7(12)3-8(13)14/h5H,3-4H2,1-2H3,(H2,9,11)(H,13,14). The Morgan fingerprint density at radius 3 is 2.14 bits per heavy atom. The molecule has 0 aromatic carbocycles. The van der Waals surface area contributed by atoms with Gasteiger partial charge < -0.3 is 15.7 Å². The van der Waals surface area contributed by atoms with E-state index in [1.54, 1.807) is 13.8 Å². The monoisotopic (exact) mass is 202 g/mol. The maximum absolute atomic E-state index is 11.3. The van der Waals surface area contributed by atoms with E-state index in [9.17, 15) is 14.4 Å². The van der Waals surface area contributed by atoms with Crippen LogP contribution in [0.3, 0.4) is 0 Å². The largest absolute Gasteiger partial charge is 0.481 e. The molecule has 14 heavy (non-hydrogen) atoms. The molecule has 0 saturated heterocycles. The van der Waals surface area contributed by atoms with Gasteiger partial charge in [-0.1, -0.05) is 0 Å². The highest BCUT2D eigenvalue weighted by Crippen LogP contribution is 2.01. The molecule has 0 heterocycles. The normalized spacial score (nSPS) is 9.93. The number of primary amides is 1. The van der Waals surface area contributed by atoms with Gasteiger partial charge in [0, 0.05) is 6.04 Å². The predicted octanol–water partition coefficient (Wildman–Crippen LogP) is -0.817. The minimum Gasteiger partial charge on any atom is -0.481 e. The van der Waals surface area contributed by atoms with E-state index in [2.05, 4.69) is 0 Å². The Labute approximate surface area is 81.7 Å². The lowest BCUT2D eigenvalue weighted by Crippen LogP contribution is -2.43. The smallest absolute Gasteiger partial charge is 0.312 e. The molecule has 0 aliphatic carbocycles. The summed E-state index contributed by atoms with van der Waals surface area (Å²) in [5.74, 6) is -2.48. The molecule has 0 atom stereocenters. The van der Waals surface area contributed by atoms with E-state index in [0.29, 0.717) is 0 Å². The van der Waals surface area contributed by atoms with Crippen LogP contribution in [0.15, 0.2) is 0 Å². The average Bonchev–Trinajstić information content (AvgIpc) is 1.97. The van der Waals surface area contributed by atoms with Gasteiger partial charge in [-0.3, -0.25) is 14.4 Å². The van der Waals surface area contributed by atoms with Gasteiger partial charge in [-0.2, -0.15) is 0 Å². The third-order valence-electron chi connectivity index (χ3n) is 1.57. The highest BCUT2D eigenvalue weighted by Gasteiger charge is 2.20. The topological polar surface area (TPSA) is 101 Å². The number of carboxylic acid groups (broad SMARTS) is 1. The number of aliphatic carboxylic acids is 1. The fraction of sp³-hybridized carbons (Fsp3) is 0.625. The first-order chi connectivity index (χ1) is 6.34. The third kappa shape index (κ3) is 4.44. The van der Waals surface area contributed by atoms with Gasteiger partial charge in [-0.15, -0.1) is 0 Å². The highest BCUT2D eigenvalue weighted by atomic mass is 16.4. The minimum atomic E-state index is -1.22. The number of carbonyl (C=O) groups is 3. The molecule has 0 spiro atoms. The molecule has 80 valence electrons. The molecule has 2 amide bonds. The van der Waals surface area contributed by atoms with Gasteiger partial charge in [-0.25, -0.2) is 0 Å². The Hall–Kier alpha value is -1.59. The van der Waals surface area contributed by atoms with Gasteiger partial charge in [0.2, 0.25) is 11.8 Å². The second-order valence-corrected chi connectivity index (χ2v) is 3.15. The number of rotatable bonds is 5. The lowest BCUT2D eigenvalue weighted by Gasteiger charge is -2.24. The maximum Gasteiger partial charge on any atom is 0.312 e. The van der Waals surface area contributed by atoms with Crippen molar-refractivity contribution in [3.05, 3.63) is 0 Å². The summed E-state index contributed by atoms with van der Waals surface area (Å²) < 4.78 is 0. The molecule has 6 heteroatoms. The van der Waals surface area contributed by atoms with Crippen LogP contribution in [0, 0.1) is 0 Å². The first-order valence-electron chi connectivity index (χ1n) is 4.14. The van der Waals surface area contributed by atoms with Crippen LogP contribution < -0.4 is 5.73 Å². The van der Waals surface area contributed by atoms with Crippen molar-refractivity contribution >= 4 is 17.8 Å². The summed E-state index contributed by atoms with van der Waals surface area (Å²) in [6.07, 6.45) is -0.620. The first kappa shape index (κ1) is 12.4. The van der Waals surface area contributed by atoms with Crippen molar-refractivity contribution in [1.82, 2.24) is 4.90 Å². The van der Waals surface area contributed by atoms with E-state index < -0.39 is 24.2 Å². The van der Waals surface area contributed by atoms with Gasteiger partial charge in [-0.05, 0) is 13.8 Å². The number of nitrogens with two attached hydrogens (primary N) is 1. The lowest BCUT2D eigenvalue weighted by molar-refractivity contribution is -0.146. The quantitative estimate of drug-likeness (QED) is 0.569. The van der Waals surface area contributed by atoms with Crippen LogP contribution in [-0.4, -0.2) is 40.4 Å². The fourth-order valence-corrected chi connectivity index (χ4v) is 0.958. The molecule has 0 saturated carbocycles. The minimum absolute atomic E-state index is 0.241. The second-order valence-electron chi connectivity index (χ2n) is 3.15.